The SMILES string of the molecule is Cc1cnc(C(C)NC(=O)NCC2CCC(C(=O)O)O2)o1. The number of carboxylic acid groups (broad SMARTS) is 1. The third-order valence-electron chi connectivity index (χ3n) is 3.23. The van der Waals surface area contributed by atoms with Gasteiger partial charge in [-0.1, -0.05) is 0 Å². The van der Waals surface area contributed by atoms with Gasteiger partial charge >= 0.3 is 12.0 Å². The van der Waals surface area contributed by atoms with Crippen LogP contribution in [0.2, 0.25) is 0 Å². The minimum atomic E-state index is -0.963. The Kier molecular flexibility index (Phi) is 4.79. The Hall–Kier alpha value is -2.09. The molecule has 0 aromatic carbocycles. The van der Waals surface area contributed by atoms with Crippen molar-refractivity contribution in [1.82, 2.24) is 15.6 Å². The quantitative estimate of drug-likeness (QED) is 0.746. The molecule has 0 bridgehead atoms. The predicted octanol–water partition coefficient (Wildman–Crippen LogP) is 0.975. The lowest BCUT2D eigenvalue weighted by atomic mass is 10.2. The molecule has 1 aromatic rings. The molecule has 8 nitrogen and oxygen atoms in total. The first-order valence-electron chi connectivity index (χ1n) is 6.80. The number of aliphatic carboxylic acids is 1. The molecule has 116 valence electrons. The maximum Gasteiger partial charge on any atom is 0.332 e. The number of urea groups is 1. The highest BCUT2D eigenvalue weighted by Crippen LogP contribution is 2.19. The highest BCUT2D eigenvalue weighted by Gasteiger charge is 2.30. The molecule has 8 heteroatoms. The van der Waals surface area contributed by atoms with E-state index in [-0.39, 0.29) is 24.7 Å². The van der Waals surface area contributed by atoms with Crippen LogP contribution < -0.4 is 10.6 Å². The average molecular weight is 297 g/mol. The summed E-state index contributed by atoms with van der Waals surface area (Å²) in [5.41, 5.74) is 0. The zero-order chi connectivity index (χ0) is 15.4. The van der Waals surface area contributed by atoms with Crippen molar-refractivity contribution in [2.75, 3.05) is 6.54 Å². The van der Waals surface area contributed by atoms with Crippen LogP contribution in [0, 0.1) is 6.92 Å². The minimum Gasteiger partial charge on any atom is -0.479 e. The number of carboxylic acids is 1. The van der Waals surface area contributed by atoms with E-state index in [1.165, 1.54) is 0 Å². The Morgan fingerprint density at radius 2 is 2.29 bits per heavy atom. The fourth-order valence-electron chi connectivity index (χ4n) is 2.13. The molecule has 0 saturated carbocycles. The summed E-state index contributed by atoms with van der Waals surface area (Å²) in [5.74, 6) is 0.152. The van der Waals surface area contributed by atoms with Gasteiger partial charge in [-0.05, 0) is 26.7 Å². The molecule has 0 radical (unpaired) electrons. The summed E-state index contributed by atoms with van der Waals surface area (Å²) in [4.78, 5) is 26.5. The predicted molar refractivity (Wildman–Crippen MR) is 71.7 cm³/mol. The van der Waals surface area contributed by atoms with Crippen molar-refractivity contribution < 1.29 is 23.8 Å². The Balaban J connectivity index is 1.72. The number of hydrogen-bond acceptors (Lipinski definition) is 5. The maximum atomic E-state index is 11.7. The highest BCUT2D eigenvalue weighted by atomic mass is 16.5. The lowest BCUT2D eigenvalue weighted by molar-refractivity contribution is -0.149. The standard InChI is InChI=1S/C13H19N3O5/c1-7-5-14-11(20-7)8(2)16-13(19)15-6-9-3-4-10(21-9)12(17)18/h5,8-10H,3-4,6H2,1-2H3,(H,17,18)(H2,15,16,19). The average Bonchev–Trinajstić information content (AvgIpc) is 3.05. The molecule has 21 heavy (non-hydrogen) atoms. The van der Waals surface area contributed by atoms with Crippen LogP contribution in [0.5, 0.6) is 0 Å². The number of ether oxygens (including phenoxy) is 1. The number of hydrogen-bond donors (Lipinski definition) is 3. The van der Waals surface area contributed by atoms with Crippen LogP contribution in [0.25, 0.3) is 0 Å². The van der Waals surface area contributed by atoms with E-state index in [9.17, 15) is 9.59 Å². The number of amides is 2. The van der Waals surface area contributed by atoms with Gasteiger partial charge in [0.05, 0.1) is 12.3 Å². The zero-order valence-electron chi connectivity index (χ0n) is 12.0. The molecule has 1 aromatic heterocycles. The molecule has 2 rings (SSSR count). The van der Waals surface area contributed by atoms with Gasteiger partial charge in [-0.3, -0.25) is 0 Å². The summed E-state index contributed by atoms with van der Waals surface area (Å²) in [6, 6.07) is -0.726. The van der Waals surface area contributed by atoms with E-state index in [1.807, 2.05) is 0 Å². The topological polar surface area (TPSA) is 114 Å². The van der Waals surface area contributed by atoms with Crippen molar-refractivity contribution in [2.45, 2.75) is 44.9 Å². The minimum absolute atomic E-state index is 0.267. The molecule has 0 spiro atoms. The number of aryl methyl sites for hydroxylation is 1. The molecule has 1 saturated heterocycles. The van der Waals surface area contributed by atoms with Crippen LogP contribution in [-0.2, 0) is 9.53 Å². The van der Waals surface area contributed by atoms with E-state index in [4.69, 9.17) is 14.3 Å². The first-order valence-corrected chi connectivity index (χ1v) is 6.80. The molecule has 3 N–H and O–H groups in total. The van der Waals surface area contributed by atoms with E-state index >= 15 is 0 Å². The molecular formula is C13H19N3O5. The van der Waals surface area contributed by atoms with Crippen molar-refractivity contribution in [3.05, 3.63) is 17.8 Å². The van der Waals surface area contributed by atoms with Crippen molar-refractivity contribution in [2.24, 2.45) is 0 Å². The van der Waals surface area contributed by atoms with Crippen LogP contribution in [0.1, 0.15) is 37.5 Å². The van der Waals surface area contributed by atoms with Gasteiger partial charge in [0.2, 0.25) is 5.89 Å². The fraction of sp³-hybridized carbons (Fsp3) is 0.615. The van der Waals surface area contributed by atoms with Crippen molar-refractivity contribution in [1.29, 1.82) is 0 Å². The number of nitrogens with zero attached hydrogens (tertiary/aromatic N) is 1. The lowest BCUT2D eigenvalue weighted by Gasteiger charge is -2.15. The number of rotatable bonds is 5. The van der Waals surface area contributed by atoms with Gasteiger partial charge in [-0.25, -0.2) is 14.6 Å². The van der Waals surface area contributed by atoms with Gasteiger partial charge in [0, 0.05) is 6.54 Å². The van der Waals surface area contributed by atoms with Crippen LogP contribution in [-0.4, -0.2) is 40.8 Å². The van der Waals surface area contributed by atoms with Crippen molar-refractivity contribution >= 4 is 12.0 Å². The van der Waals surface area contributed by atoms with E-state index in [1.54, 1.807) is 20.0 Å². The fourth-order valence-corrected chi connectivity index (χ4v) is 2.13. The van der Waals surface area contributed by atoms with Crippen molar-refractivity contribution in [3.8, 4) is 0 Å². The summed E-state index contributed by atoms with van der Waals surface area (Å²) in [6.45, 7) is 3.81. The van der Waals surface area contributed by atoms with Gasteiger partial charge in [-0.15, -0.1) is 0 Å². The Bertz CT molecular complexity index is 516. The first kappa shape index (κ1) is 15.3. The Morgan fingerprint density at radius 3 is 2.86 bits per heavy atom. The molecule has 0 aliphatic carbocycles. The van der Waals surface area contributed by atoms with E-state index in [0.29, 0.717) is 24.5 Å². The monoisotopic (exact) mass is 297 g/mol. The number of carbonyl (C=O) groups is 2. The van der Waals surface area contributed by atoms with Gasteiger partial charge in [-0.2, -0.15) is 0 Å². The number of oxazole rings is 1. The van der Waals surface area contributed by atoms with Crippen LogP contribution >= 0.6 is 0 Å². The number of nitrogens with one attached hydrogen (secondary N) is 2. The van der Waals surface area contributed by atoms with Crippen molar-refractivity contribution in [3.63, 3.8) is 0 Å². The van der Waals surface area contributed by atoms with Crippen LogP contribution in [0.15, 0.2) is 10.6 Å². The summed E-state index contributed by atoms with van der Waals surface area (Å²) >= 11 is 0. The van der Waals surface area contributed by atoms with E-state index in [0.717, 1.165) is 0 Å². The largest absolute Gasteiger partial charge is 0.479 e. The highest BCUT2D eigenvalue weighted by molar-refractivity contribution is 5.74. The first-order chi connectivity index (χ1) is 9.95. The smallest absolute Gasteiger partial charge is 0.332 e. The van der Waals surface area contributed by atoms with Crippen LogP contribution in [0.4, 0.5) is 4.79 Å². The third kappa shape index (κ3) is 4.19. The second-order valence-electron chi connectivity index (χ2n) is 5.05. The number of aromatic nitrogens is 1. The van der Waals surface area contributed by atoms with E-state index < -0.39 is 12.1 Å². The summed E-state index contributed by atoms with van der Waals surface area (Å²) < 4.78 is 10.6. The third-order valence-corrected chi connectivity index (χ3v) is 3.23. The zero-order valence-corrected chi connectivity index (χ0v) is 12.0. The van der Waals surface area contributed by atoms with Gasteiger partial charge in [0.25, 0.3) is 0 Å². The van der Waals surface area contributed by atoms with Gasteiger partial charge in [0.1, 0.15) is 11.8 Å². The molecule has 1 aliphatic heterocycles. The molecule has 1 fully saturated rings. The summed E-state index contributed by atoms with van der Waals surface area (Å²) in [6.07, 6.45) is 1.63. The molecule has 3 unspecified atom stereocenters. The summed E-state index contributed by atoms with van der Waals surface area (Å²) in [7, 11) is 0. The second-order valence-corrected chi connectivity index (χ2v) is 5.05. The summed E-state index contributed by atoms with van der Waals surface area (Å²) in [5, 5.41) is 14.2. The molecular weight excluding hydrogens is 278 g/mol. The normalized spacial score (nSPS) is 22.8. The van der Waals surface area contributed by atoms with Gasteiger partial charge < -0.3 is 24.9 Å². The Labute approximate surface area is 121 Å². The van der Waals surface area contributed by atoms with Gasteiger partial charge in [0.15, 0.2) is 6.10 Å². The molecule has 1 aliphatic rings. The number of carbonyl (C=O) groups excluding carboxylic acids is 1. The lowest BCUT2D eigenvalue weighted by Crippen LogP contribution is -2.41. The van der Waals surface area contributed by atoms with Crippen LogP contribution in [0.3, 0.4) is 0 Å². The second kappa shape index (κ2) is 6.57. The molecule has 2 amide bonds. The van der Waals surface area contributed by atoms with E-state index in [2.05, 4.69) is 15.6 Å². The Morgan fingerprint density at radius 1 is 1.52 bits per heavy atom. The molecule has 2 heterocycles. The maximum absolute atomic E-state index is 11.7. The molecule has 3 atom stereocenters.